The summed E-state index contributed by atoms with van der Waals surface area (Å²) in [6, 6.07) is 18.1. The monoisotopic (exact) mass is 890 g/mol. The molecule has 0 amide bonds. The van der Waals surface area contributed by atoms with E-state index < -0.39 is 42.6 Å². The lowest BCUT2D eigenvalue weighted by atomic mass is 9.88. The average molecular weight is 891 g/mol. The van der Waals surface area contributed by atoms with Crippen LogP contribution < -0.4 is 37.9 Å². The molecule has 17 nitrogen and oxygen atoms in total. The molecule has 0 bridgehead atoms. The Morgan fingerprint density at radius 3 is 1.65 bits per heavy atom. The number of methoxy groups -OCH3 is 3. The van der Waals surface area contributed by atoms with Crippen LogP contribution in [0.3, 0.4) is 0 Å². The number of aliphatic hydroxyl groups is 3. The maximum absolute atomic E-state index is 13.1. The first-order valence-corrected chi connectivity index (χ1v) is 20.5. The van der Waals surface area contributed by atoms with E-state index in [1.807, 2.05) is 37.3 Å². The Hall–Kier alpha value is -7.18. The van der Waals surface area contributed by atoms with Crippen LogP contribution >= 0.6 is 0 Å². The van der Waals surface area contributed by atoms with Gasteiger partial charge in [-0.3, -0.25) is 0 Å². The normalized spacial score (nSPS) is 21.0. The molecule has 0 aliphatic carbocycles. The van der Waals surface area contributed by atoms with Crippen molar-refractivity contribution in [2.45, 2.75) is 57.8 Å². The molecule has 17 heteroatoms. The van der Waals surface area contributed by atoms with Crippen LogP contribution in [0.1, 0.15) is 44.3 Å². The van der Waals surface area contributed by atoms with E-state index in [1.165, 1.54) is 14.2 Å². The van der Waals surface area contributed by atoms with Crippen molar-refractivity contribution in [2.24, 2.45) is 0 Å². The van der Waals surface area contributed by atoms with Crippen LogP contribution in [0.4, 0.5) is 0 Å². The Morgan fingerprint density at radius 1 is 0.554 bits per heavy atom. The molecule has 1 saturated heterocycles. The van der Waals surface area contributed by atoms with E-state index in [0.717, 1.165) is 16.5 Å². The molecular weight excluding hydrogens is 849 g/mol. The summed E-state index contributed by atoms with van der Waals surface area (Å²) in [5, 5.41) is 44.3. The Kier molecular flexibility index (Phi) is 10.4. The van der Waals surface area contributed by atoms with Gasteiger partial charge in [0.1, 0.15) is 48.8 Å². The molecule has 5 aliphatic heterocycles. The first kappa shape index (κ1) is 41.8. The van der Waals surface area contributed by atoms with E-state index in [2.05, 4.69) is 0 Å². The molecule has 5 heterocycles. The maximum atomic E-state index is 13.1. The maximum Gasteiger partial charge on any atom is 0.339 e. The van der Waals surface area contributed by atoms with Crippen molar-refractivity contribution in [3.8, 4) is 74.0 Å². The molecule has 0 aromatic heterocycles. The third kappa shape index (κ3) is 6.77. The second kappa shape index (κ2) is 16.1. The number of carbonyl (C=O) groups excluding carboxylic acids is 2. The number of aromatic hydroxyl groups is 1. The van der Waals surface area contributed by atoms with Crippen molar-refractivity contribution in [3.63, 3.8) is 0 Å². The van der Waals surface area contributed by atoms with Crippen molar-refractivity contribution in [2.75, 3.05) is 34.9 Å². The zero-order valence-corrected chi connectivity index (χ0v) is 35.6. The highest BCUT2D eigenvalue weighted by Crippen LogP contribution is 2.51. The molecule has 1 fully saturated rings. The van der Waals surface area contributed by atoms with Gasteiger partial charge in [-0.15, -0.1) is 0 Å². The van der Waals surface area contributed by atoms with Crippen LogP contribution in [0, 0.1) is 6.92 Å². The van der Waals surface area contributed by atoms with E-state index >= 15 is 0 Å². The predicted octanol–water partition coefficient (Wildman–Crippen LogP) is 6.06. The molecule has 5 aliphatic rings. The number of benzene rings is 6. The highest BCUT2D eigenvalue weighted by atomic mass is 16.7. The van der Waals surface area contributed by atoms with Gasteiger partial charge in [0.15, 0.2) is 34.5 Å². The summed E-state index contributed by atoms with van der Waals surface area (Å²) in [6.45, 7) is 3.70. The Bertz CT molecular complexity index is 2960. The highest BCUT2D eigenvalue weighted by Gasteiger charge is 2.44. The fourth-order valence-electron chi connectivity index (χ4n) is 8.93. The number of hydrogen-bond acceptors (Lipinski definition) is 17. The molecule has 336 valence electrons. The zero-order chi connectivity index (χ0) is 45.4. The fourth-order valence-corrected chi connectivity index (χ4v) is 8.93. The summed E-state index contributed by atoms with van der Waals surface area (Å²) >= 11 is 0. The summed E-state index contributed by atoms with van der Waals surface area (Å²) in [6.07, 6.45) is -6.51. The van der Waals surface area contributed by atoms with Gasteiger partial charge in [-0.25, -0.2) is 9.59 Å². The van der Waals surface area contributed by atoms with Crippen LogP contribution in [0.5, 0.6) is 51.7 Å². The molecule has 4 N–H and O–H groups in total. The van der Waals surface area contributed by atoms with Gasteiger partial charge in [0.05, 0.1) is 38.6 Å². The number of hydrogen-bond donors (Lipinski definition) is 4. The summed E-state index contributed by atoms with van der Waals surface area (Å²) in [5.41, 5.74) is 5.25. The number of carbonyl (C=O) groups is 2. The quantitative estimate of drug-likeness (QED) is 0.134. The molecule has 6 aromatic carbocycles. The number of ether oxygens (including phenoxy) is 11. The smallest absolute Gasteiger partial charge is 0.339 e. The highest BCUT2D eigenvalue weighted by molar-refractivity contribution is 6.15. The van der Waals surface area contributed by atoms with E-state index in [1.54, 1.807) is 44.4 Å². The van der Waals surface area contributed by atoms with E-state index in [9.17, 15) is 30.0 Å². The molecule has 0 spiro atoms. The zero-order valence-electron chi connectivity index (χ0n) is 35.6. The summed E-state index contributed by atoms with van der Waals surface area (Å²) in [4.78, 5) is 25.6. The molecule has 0 saturated carbocycles. The minimum absolute atomic E-state index is 0.0453. The van der Waals surface area contributed by atoms with Crippen LogP contribution in [-0.2, 0) is 27.4 Å². The SMILES string of the molecule is COc1cc2c(O)c3c(c(-c4ccc5c(c4)OCO5)c2cc1C)C(=O)OC3.COc1cc2c(OC3OC(C)C(O)C(O)C3O)c3c(c(-c4ccc5c(c4)OCO5)c2cc1OC)C(=O)OC3. The second-order valence-corrected chi connectivity index (χ2v) is 15.8. The molecule has 11 rings (SSSR count). The average Bonchev–Trinajstić information content (AvgIpc) is 4.14. The number of phenols is 1. The Balaban J connectivity index is 0.000000162. The minimum Gasteiger partial charge on any atom is -0.507 e. The number of phenolic OH excluding ortho intramolecular Hbond substituents is 1. The number of rotatable bonds is 7. The van der Waals surface area contributed by atoms with Gasteiger partial charge in [-0.1, -0.05) is 12.1 Å². The largest absolute Gasteiger partial charge is 0.507 e. The first-order chi connectivity index (χ1) is 31.4. The van der Waals surface area contributed by atoms with Gasteiger partial charge >= 0.3 is 11.9 Å². The van der Waals surface area contributed by atoms with Gasteiger partial charge < -0.3 is 72.5 Å². The lowest BCUT2D eigenvalue weighted by Gasteiger charge is -2.39. The standard InChI is InChI=1S/C27H26O11.C21H16O6/c1-11-22(28)23(29)24(30)27(37-11)38-25-14-8-18(33-3)17(32-2)7-13(14)20(21-15(25)9-34-26(21)31)12-4-5-16-19(6-12)36-10-35-16;1-10-5-12-13(7-16(10)24-2)20(22)14-8-25-21(23)19(14)18(12)11-3-4-15-17(6-11)27-9-26-15/h4-8,11,22-24,27-30H,9-10H2,1-3H3;3-7,22H,8-9H2,1-2H3. The van der Waals surface area contributed by atoms with Crippen LogP contribution in [0.15, 0.2) is 60.7 Å². The first-order valence-electron chi connectivity index (χ1n) is 20.5. The van der Waals surface area contributed by atoms with E-state index in [-0.39, 0.29) is 43.9 Å². The van der Waals surface area contributed by atoms with Crippen LogP contribution in [-0.4, -0.2) is 98.0 Å². The van der Waals surface area contributed by atoms with Crippen molar-refractivity contribution < 1.29 is 82.1 Å². The predicted molar refractivity (Wildman–Crippen MR) is 228 cm³/mol. The number of cyclic esters (lactones) is 2. The van der Waals surface area contributed by atoms with Gasteiger partial charge in [-0.2, -0.15) is 0 Å². The third-order valence-electron chi connectivity index (χ3n) is 12.2. The van der Waals surface area contributed by atoms with Crippen molar-refractivity contribution in [1.29, 1.82) is 0 Å². The number of esters is 2. The van der Waals surface area contributed by atoms with Crippen molar-refractivity contribution in [1.82, 2.24) is 0 Å². The minimum atomic E-state index is -1.56. The second-order valence-electron chi connectivity index (χ2n) is 15.8. The number of aliphatic hydroxyl groups excluding tert-OH is 3. The molecule has 5 unspecified atom stereocenters. The van der Waals surface area contributed by atoms with Crippen LogP contribution in [0.25, 0.3) is 43.8 Å². The van der Waals surface area contributed by atoms with Gasteiger partial charge in [0.2, 0.25) is 19.9 Å². The molecular formula is C48H42O17. The molecule has 65 heavy (non-hydrogen) atoms. The van der Waals surface area contributed by atoms with Gasteiger partial charge in [-0.05, 0) is 89.8 Å². The number of fused-ring (bicyclic) bond motifs is 6. The molecule has 5 atom stereocenters. The van der Waals surface area contributed by atoms with E-state index in [4.69, 9.17) is 52.1 Å². The Morgan fingerprint density at radius 2 is 1.06 bits per heavy atom. The summed E-state index contributed by atoms with van der Waals surface area (Å²) < 4.78 is 61.0. The van der Waals surface area contributed by atoms with Gasteiger partial charge in [0, 0.05) is 33.0 Å². The van der Waals surface area contributed by atoms with Crippen molar-refractivity contribution in [3.05, 3.63) is 88.5 Å². The van der Waals surface area contributed by atoms with E-state index in [0.29, 0.717) is 89.8 Å². The van der Waals surface area contributed by atoms with Gasteiger partial charge in [0.25, 0.3) is 0 Å². The lowest BCUT2D eigenvalue weighted by Crippen LogP contribution is -2.58. The van der Waals surface area contributed by atoms with Crippen molar-refractivity contribution >= 4 is 33.5 Å². The fraction of sp³-hybridized carbons (Fsp3) is 0.292. The molecule has 0 radical (unpaired) electrons. The lowest BCUT2D eigenvalue weighted by molar-refractivity contribution is -0.268. The topological polar surface area (TPSA) is 217 Å². The summed E-state index contributed by atoms with van der Waals surface area (Å²) in [5.74, 6) is 3.18. The molecule has 6 aromatic rings. The number of aryl methyl sites for hydroxylation is 1. The Labute approximate surface area is 370 Å². The summed E-state index contributed by atoms with van der Waals surface area (Å²) in [7, 11) is 4.59. The third-order valence-corrected chi connectivity index (χ3v) is 12.2. The van der Waals surface area contributed by atoms with Crippen LogP contribution in [0.2, 0.25) is 0 Å².